The first-order chi connectivity index (χ1) is 11.5. The molecule has 0 amide bonds. The summed E-state index contributed by atoms with van der Waals surface area (Å²) in [6.07, 6.45) is -0.180. The summed E-state index contributed by atoms with van der Waals surface area (Å²) in [7, 11) is -1.78. The van der Waals surface area contributed by atoms with Gasteiger partial charge in [-0.3, -0.25) is 0 Å². The highest BCUT2D eigenvalue weighted by Crippen LogP contribution is 2.40. The van der Waals surface area contributed by atoms with Crippen LogP contribution in [0.15, 0.2) is 36.4 Å². The zero-order chi connectivity index (χ0) is 16.7. The molecule has 6 heteroatoms. The maximum atomic E-state index is 6.48. The van der Waals surface area contributed by atoms with Gasteiger partial charge in [0.25, 0.3) is 0 Å². The van der Waals surface area contributed by atoms with E-state index in [9.17, 15) is 0 Å². The van der Waals surface area contributed by atoms with Crippen LogP contribution in [0.2, 0.25) is 19.6 Å². The number of hydrogen-bond donors (Lipinski definition) is 0. The minimum atomic E-state index is -1.78. The summed E-state index contributed by atoms with van der Waals surface area (Å²) < 4.78 is 28.3. The van der Waals surface area contributed by atoms with Gasteiger partial charge in [0.2, 0.25) is 13.6 Å². The van der Waals surface area contributed by atoms with Crippen molar-refractivity contribution in [3.8, 4) is 23.0 Å². The normalized spacial score (nSPS) is 15.2. The van der Waals surface area contributed by atoms with Gasteiger partial charge in [-0.15, -0.1) is 0 Å². The van der Waals surface area contributed by atoms with Gasteiger partial charge < -0.3 is 23.4 Å². The molecule has 0 aromatic heterocycles. The van der Waals surface area contributed by atoms with E-state index >= 15 is 0 Å². The van der Waals surface area contributed by atoms with Crippen LogP contribution in [0.1, 0.15) is 17.2 Å². The first-order valence-electron chi connectivity index (χ1n) is 7.96. The van der Waals surface area contributed by atoms with E-state index < -0.39 is 8.32 Å². The molecule has 2 aromatic carbocycles. The van der Waals surface area contributed by atoms with Crippen LogP contribution in [-0.4, -0.2) is 21.9 Å². The summed E-state index contributed by atoms with van der Waals surface area (Å²) in [6, 6.07) is 11.9. The van der Waals surface area contributed by atoms with E-state index in [0.29, 0.717) is 0 Å². The predicted octanol–water partition coefficient (Wildman–Crippen LogP) is 4.08. The van der Waals surface area contributed by atoms with Gasteiger partial charge in [-0.25, -0.2) is 0 Å². The standard InChI is InChI=1S/C18H20O5Si/c1-24(2,3)23-18(12-4-6-14-16(8-12)21-10-19-14)13-5-7-15-17(9-13)22-11-20-15/h4-9,18H,10-11H2,1-3H3. The van der Waals surface area contributed by atoms with Crippen LogP contribution in [0, 0.1) is 0 Å². The lowest BCUT2D eigenvalue weighted by molar-refractivity contribution is 0.173. The van der Waals surface area contributed by atoms with Gasteiger partial charge in [0.1, 0.15) is 0 Å². The molecule has 0 N–H and O–H groups in total. The third-order valence-corrected chi connectivity index (χ3v) is 4.81. The van der Waals surface area contributed by atoms with Crippen molar-refractivity contribution in [2.45, 2.75) is 25.7 Å². The van der Waals surface area contributed by atoms with E-state index in [0.717, 1.165) is 34.1 Å². The number of hydrogen-bond acceptors (Lipinski definition) is 5. The maximum Gasteiger partial charge on any atom is 0.231 e. The fraction of sp³-hybridized carbons (Fsp3) is 0.333. The predicted molar refractivity (Wildman–Crippen MR) is 91.4 cm³/mol. The topological polar surface area (TPSA) is 46.2 Å². The van der Waals surface area contributed by atoms with Crippen LogP contribution in [0.4, 0.5) is 0 Å². The van der Waals surface area contributed by atoms with Crippen molar-refractivity contribution in [1.82, 2.24) is 0 Å². The SMILES string of the molecule is C[Si](C)(C)OC(c1ccc2c(c1)OCO2)c1ccc2c(c1)OCO2. The average Bonchev–Trinajstić information content (AvgIpc) is 3.19. The molecule has 0 spiro atoms. The van der Waals surface area contributed by atoms with Crippen molar-refractivity contribution in [3.05, 3.63) is 47.5 Å². The van der Waals surface area contributed by atoms with E-state index in [-0.39, 0.29) is 19.7 Å². The molecule has 0 saturated carbocycles. The van der Waals surface area contributed by atoms with E-state index in [2.05, 4.69) is 19.6 Å². The van der Waals surface area contributed by atoms with Gasteiger partial charge in [-0.05, 0) is 55.0 Å². The van der Waals surface area contributed by atoms with Crippen molar-refractivity contribution in [2.24, 2.45) is 0 Å². The van der Waals surface area contributed by atoms with Crippen molar-refractivity contribution in [1.29, 1.82) is 0 Å². The van der Waals surface area contributed by atoms with Gasteiger partial charge in [-0.2, -0.15) is 0 Å². The molecule has 5 nitrogen and oxygen atoms in total. The van der Waals surface area contributed by atoms with E-state index in [1.165, 1.54) is 0 Å². The van der Waals surface area contributed by atoms with Crippen LogP contribution in [0.25, 0.3) is 0 Å². The van der Waals surface area contributed by atoms with Gasteiger partial charge in [0.05, 0.1) is 6.10 Å². The van der Waals surface area contributed by atoms with Gasteiger partial charge in [0.15, 0.2) is 31.3 Å². The summed E-state index contributed by atoms with van der Waals surface area (Å²) in [6.45, 7) is 7.07. The lowest BCUT2D eigenvalue weighted by Crippen LogP contribution is -2.28. The molecule has 2 heterocycles. The molecule has 0 saturated heterocycles. The molecule has 2 aromatic rings. The minimum absolute atomic E-state index is 0.180. The van der Waals surface area contributed by atoms with Crippen molar-refractivity contribution < 1.29 is 23.4 Å². The van der Waals surface area contributed by atoms with Crippen LogP contribution in [0.3, 0.4) is 0 Å². The van der Waals surface area contributed by atoms with Crippen LogP contribution < -0.4 is 18.9 Å². The molecule has 0 unspecified atom stereocenters. The highest BCUT2D eigenvalue weighted by molar-refractivity contribution is 6.69. The zero-order valence-corrected chi connectivity index (χ0v) is 15.0. The Bertz CT molecular complexity index is 711. The molecule has 0 aliphatic carbocycles. The Morgan fingerprint density at radius 1 is 0.750 bits per heavy atom. The zero-order valence-electron chi connectivity index (χ0n) is 14.0. The number of ether oxygens (including phenoxy) is 4. The van der Waals surface area contributed by atoms with Gasteiger partial charge in [0, 0.05) is 0 Å². The second-order valence-electron chi connectivity index (χ2n) is 6.84. The minimum Gasteiger partial charge on any atom is -0.454 e. The maximum absolute atomic E-state index is 6.48. The molecule has 0 atom stereocenters. The van der Waals surface area contributed by atoms with E-state index in [4.69, 9.17) is 23.4 Å². The Morgan fingerprint density at radius 3 is 1.67 bits per heavy atom. The first-order valence-corrected chi connectivity index (χ1v) is 11.4. The fourth-order valence-corrected chi connectivity index (χ4v) is 3.81. The smallest absolute Gasteiger partial charge is 0.231 e. The number of benzene rings is 2. The summed E-state index contributed by atoms with van der Waals surface area (Å²) in [5.41, 5.74) is 2.08. The summed E-state index contributed by atoms with van der Waals surface area (Å²) in [5, 5.41) is 0. The number of fused-ring (bicyclic) bond motifs is 2. The third-order valence-electron chi connectivity index (χ3n) is 3.87. The molecule has 0 bridgehead atoms. The lowest BCUT2D eigenvalue weighted by Gasteiger charge is -2.27. The molecule has 126 valence electrons. The molecule has 0 fully saturated rings. The van der Waals surface area contributed by atoms with Crippen molar-refractivity contribution in [2.75, 3.05) is 13.6 Å². The first kappa shape index (κ1) is 15.4. The molecule has 2 aliphatic heterocycles. The Labute approximate surface area is 142 Å². The quantitative estimate of drug-likeness (QED) is 0.782. The molecule has 0 radical (unpaired) electrons. The Hall–Kier alpha value is -2.18. The largest absolute Gasteiger partial charge is 0.454 e. The highest BCUT2D eigenvalue weighted by Gasteiger charge is 2.27. The second kappa shape index (κ2) is 5.72. The van der Waals surface area contributed by atoms with Gasteiger partial charge in [-0.1, -0.05) is 12.1 Å². The molecule has 2 aliphatic rings. The fourth-order valence-electron chi connectivity index (χ4n) is 2.83. The van der Waals surface area contributed by atoms with E-state index in [1.807, 2.05) is 36.4 Å². The van der Waals surface area contributed by atoms with Crippen molar-refractivity contribution in [3.63, 3.8) is 0 Å². The van der Waals surface area contributed by atoms with Crippen molar-refractivity contribution >= 4 is 8.32 Å². The third kappa shape index (κ3) is 2.94. The van der Waals surface area contributed by atoms with Gasteiger partial charge >= 0.3 is 0 Å². The Kier molecular flexibility index (Phi) is 3.66. The van der Waals surface area contributed by atoms with E-state index in [1.54, 1.807) is 0 Å². The lowest BCUT2D eigenvalue weighted by atomic mass is 10.0. The number of rotatable bonds is 4. The monoisotopic (exact) mass is 344 g/mol. The molecular formula is C18H20O5Si. The average molecular weight is 344 g/mol. The van der Waals surface area contributed by atoms with Crippen LogP contribution in [0.5, 0.6) is 23.0 Å². The summed E-state index contributed by atoms with van der Waals surface area (Å²) in [5.74, 6) is 3.07. The second-order valence-corrected chi connectivity index (χ2v) is 11.3. The molecular weight excluding hydrogens is 324 g/mol. The summed E-state index contributed by atoms with van der Waals surface area (Å²) in [4.78, 5) is 0. The van der Waals surface area contributed by atoms with Crippen LogP contribution in [-0.2, 0) is 4.43 Å². The highest BCUT2D eigenvalue weighted by atomic mass is 28.4. The Balaban J connectivity index is 1.74. The molecule has 4 rings (SSSR count). The summed E-state index contributed by atoms with van der Waals surface area (Å²) >= 11 is 0. The van der Waals surface area contributed by atoms with Crippen LogP contribution >= 0.6 is 0 Å². The Morgan fingerprint density at radius 2 is 1.21 bits per heavy atom. The molecule has 24 heavy (non-hydrogen) atoms.